The highest BCUT2D eigenvalue weighted by Crippen LogP contribution is 2.19. The van der Waals surface area contributed by atoms with Crippen LogP contribution in [0.25, 0.3) is 0 Å². The molecule has 1 saturated carbocycles. The lowest BCUT2D eigenvalue weighted by Crippen LogP contribution is -2.27. The van der Waals surface area contributed by atoms with Crippen LogP contribution in [-0.2, 0) is 14.3 Å². The summed E-state index contributed by atoms with van der Waals surface area (Å²) in [5, 5.41) is 2.81. The largest absolute Gasteiger partial charge is 0.480 e. The number of amides is 1. The lowest BCUT2D eigenvalue weighted by Gasteiger charge is -2.08. The van der Waals surface area contributed by atoms with E-state index < -0.39 is 5.97 Å². The van der Waals surface area contributed by atoms with Gasteiger partial charge in [0.05, 0.1) is 12.1 Å². The van der Waals surface area contributed by atoms with Crippen molar-refractivity contribution in [1.82, 2.24) is 5.32 Å². The first kappa shape index (κ1) is 14.2. The monoisotopic (exact) mass is 278 g/mol. The molecule has 1 aliphatic rings. The van der Waals surface area contributed by atoms with Gasteiger partial charge in [-0.15, -0.1) is 0 Å². The molecule has 1 amide bonds. The number of rotatable bonds is 7. The number of benzene rings is 1. The standard InChI is InChI=1S/C14H18N2O4/c15-11-3-1-2-4-12(11)20-9-14(18)19-8-7-13(17)16-10-5-6-10/h1-4,10H,5-9,15H2,(H,16,17). The van der Waals surface area contributed by atoms with Gasteiger partial charge in [-0.2, -0.15) is 0 Å². The second-order valence-electron chi connectivity index (χ2n) is 4.64. The molecule has 0 atom stereocenters. The van der Waals surface area contributed by atoms with Crippen LogP contribution in [0.2, 0.25) is 0 Å². The smallest absolute Gasteiger partial charge is 0.344 e. The summed E-state index contributed by atoms with van der Waals surface area (Å²) in [6, 6.07) is 7.22. The van der Waals surface area contributed by atoms with Gasteiger partial charge in [0.15, 0.2) is 6.61 Å². The van der Waals surface area contributed by atoms with E-state index in [1.165, 1.54) is 0 Å². The molecular weight excluding hydrogens is 260 g/mol. The number of esters is 1. The Balaban J connectivity index is 1.60. The average Bonchev–Trinajstić information content (AvgIpc) is 3.21. The number of para-hydroxylation sites is 2. The summed E-state index contributed by atoms with van der Waals surface area (Å²) in [4.78, 5) is 22.8. The van der Waals surface area contributed by atoms with Crippen LogP contribution < -0.4 is 15.8 Å². The van der Waals surface area contributed by atoms with Crippen LogP contribution in [-0.4, -0.2) is 31.1 Å². The van der Waals surface area contributed by atoms with E-state index in [0.29, 0.717) is 17.5 Å². The Hall–Kier alpha value is -2.24. The van der Waals surface area contributed by atoms with Crippen LogP contribution in [0, 0.1) is 0 Å². The maximum absolute atomic E-state index is 11.4. The number of hydrogen-bond donors (Lipinski definition) is 2. The van der Waals surface area contributed by atoms with Gasteiger partial charge in [-0.3, -0.25) is 4.79 Å². The fraction of sp³-hybridized carbons (Fsp3) is 0.429. The highest BCUT2D eigenvalue weighted by atomic mass is 16.6. The van der Waals surface area contributed by atoms with Gasteiger partial charge in [0.1, 0.15) is 12.4 Å². The minimum atomic E-state index is -0.521. The lowest BCUT2D eigenvalue weighted by molar-refractivity contribution is -0.146. The molecule has 6 nitrogen and oxygen atoms in total. The van der Waals surface area contributed by atoms with Crippen molar-refractivity contribution < 1.29 is 19.1 Å². The average molecular weight is 278 g/mol. The van der Waals surface area contributed by atoms with Crippen molar-refractivity contribution in [2.75, 3.05) is 18.9 Å². The molecule has 1 aromatic carbocycles. The van der Waals surface area contributed by atoms with E-state index in [0.717, 1.165) is 12.8 Å². The zero-order valence-corrected chi connectivity index (χ0v) is 11.1. The van der Waals surface area contributed by atoms with Crippen molar-refractivity contribution in [2.45, 2.75) is 25.3 Å². The zero-order chi connectivity index (χ0) is 14.4. The Labute approximate surface area is 117 Å². The van der Waals surface area contributed by atoms with E-state index in [1.54, 1.807) is 24.3 Å². The van der Waals surface area contributed by atoms with Crippen LogP contribution in [0.5, 0.6) is 5.75 Å². The van der Waals surface area contributed by atoms with E-state index in [4.69, 9.17) is 15.2 Å². The number of nitrogens with two attached hydrogens (primary N) is 1. The normalized spacial score (nSPS) is 13.6. The van der Waals surface area contributed by atoms with Crippen LogP contribution in [0.15, 0.2) is 24.3 Å². The summed E-state index contributed by atoms with van der Waals surface area (Å²) in [6.07, 6.45) is 2.26. The van der Waals surface area contributed by atoms with Crippen molar-refractivity contribution in [3.8, 4) is 5.75 Å². The van der Waals surface area contributed by atoms with Crippen molar-refractivity contribution in [3.05, 3.63) is 24.3 Å². The highest BCUT2D eigenvalue weighted by Gasteiger charge is 2.22. The van der Waals surface area contributed by atoms with Gasteiger partial charge in [0.2, 0.25) is 5.91 Å². The van der Waals surface area contributed by atoms with E-state index in [2.05, 4.69) is 5.32 Å². The van der Waals surface area contributed by atoms with E-state index in [1.807, 2.05) is 0 Å². The number of nitrogens with one attached hydrogen (secondary N) is 1. The molecule has 3 N–H and O–H groups in total. The molecule has 1 aliphatic carbocycles. The summed E-state index contributed by atoms with van der Waals surface area (Å²) >= 11 is 0. The maximum atomic E-state index is 11.4. The summed E-state index contributed by atoms with van der Waals surface area (Å²) in [7, 11) is 0. The Bertz CT molecular complexity index is 486. The predicted molar refractivity (Wildman–Crippen MR) is 73.1 cm³/mol. The molecule has 2 rings (SSSR count). The molecule has 20 heavy (non-hydrogen) atoms. The second-order valence-corrected chi connectivity index (χ2v) is 4.64. The van der Waals surface area contributed by atoms with Gasteiger partial charge < -0.3 is 20.5 Å². The van der Waals surface area contributed by atoms with Gasteiger partial charge in [-0.05, 0) is 25.0 Å². The Morgan fingerprint density at radius 2 is 2.05 bits per heavy atom. The number of carbonyl (C=O) groups excluding carboxylic acids is 2. The molecule has 0 radical (unpaired) electrons. The third-order valence-corrected chi connectivity index (χ3v) is 2.80. The van der Waals surface area contributed by atoms with Gasteiger partial charge >= 0.3 is 5.97 Å². The second kappa shape index (κ2) is 6.79. The van der Waals surface area contributed by atoms with Crippen LogP contribution in [0.3, 0.4) is 0 Å². The molecule has 0 unspecified atom stereocenters. The molecule has 108 valence electrons. The zero-order valence-electron chi connectivity index (χ0n) is 11.1. The van der Waals surface area contributed by atoms with Crippen LogP contribution in [0.1, 0.15) is 19.3 Å². The number of nitrogen functional groups attached to an aromatic ring is 1. The number of anilines is 1. The molecule has 0 bridgehead atoms. The molecule has 6 heteroatoms. The van der Waals surface area contributed by atoms with E-state index in [9.17, 15) is 9.59 Å². The van der Waals surface area contributed by atoms with Gasteiger partial charge in [-0.25, -0.2) is 4.79 Å². The van der Waals surface area contributed by atoms with Gasteiger partial charge in [0, 0.05) is 6.04 Å². The van der Waals surface area contributed by atoms with Crippen LogP contribution in [0.4, 0.5) is 5.69 Å². The topological polar surface area (TPSA) is 90.7 Å². The first-order valence-corrected chi connectivity index (χ1v) is 6.57. The minimum absolute atomic E-state index is 0.0605. The highest BCUT2D eigenvalue weighted by molar-refractivity contribution is 5.77. The summed E-state index contributed by atoms with van der Waals surface area (Å²) in [6.45, 7) is -0.163. The molecule has 0 aliphatic heterocycles. The van der Waals surface area contributed by atoms with Crippen molar-refractivity contribution >= 4 is 17.6 Å². The number of carbonyl (C=O) groups is 2. The molecule has 0 saturated heterocycles. The first-order chi connectivity index (χ1) is 9.65. The fourth-order valence-corrected chi connectivity index (χ4v) is 1.58. The van der Waals surface area contributed by atoms with Crippen molar-refractivity contribution in [1.29, 1.82) is 0 Å². The molecule has 0 aromatic heterocycles. The van der Waals surface area contributed by atoms with Crippen molar-refractivity contribution in [2.24, 2.45) is 0 Å². The fourth-order valence-electron chi connectivity index (χ4n) is 1.58. The summed E-state index contributed by atoms with van der Waals surface area (Å²) in [5.41, 5.74) is 6.13. The van der Waals surface area contributed by atoms with Crippen molar-refractivity contribution in [3.63, 3.8) is 0 Å². The van der Waals surface area contributed by atoms with Gasteiger partial charge in [0.25, 0.3) is 0 Å². The van der Waals surface area contributed by atoms with E-state index in [-0.39, 0.29) is 25.5 Å². The molecule has 1 fully saturated rings. The molecule has 0 spiro atoms. The predicted octanol–water partition coefficient (Wildman–Crippen LogP) is 0.859. The third-order valence-electron chi connectivity index (χ3n) is 2.80. The first-order valence-electron chi connectivity index (χ1n) is 6.57. The third kappa shape index (κ3) is 4.79. The quantitative estimate of drug-likeness (QED) is 0.570. The van der Waals surface area contributed by atoms with E-state index >= 15 is 0 Å². The Kier molecular flexibility index (Phi) is 4.81. The minimum Gasteiger partial charge on any atom is -0.480 e. The number of hydrogen-bond acceptors (Lipinski definition) is 5. The summed E-state index contributed by atoms with van der Waals surface area (Å²) in [5.74, 6) is -0.170. The van der Waals surface area contributed by atoms with Crippen LogP contribution >= 0.6 is 0 Å². The molecular formula is C14H18N2O4. The Morgan fingerprint density at radius 1 is 1.30 bits per heavy atom. The Morgan fingerprint density at radius 3 is 2.75 bits per heavy atom. The van der Waals surface area contributed by atoms with Gasteiger partial charge in [-0.1, -0.05) is 12.1 Å². The maximum Gasteiger partial charge on any atom is 0.344 e. The lowest BCUT2D eigenvalue weighted by atomic mass is 10.3. The number of ether oxygens (including phenoxy) is 2. The molecule has 1 aromatic rings. The SMILES string of the molecule is Nc1ccccc1OCC(=O)OCCC(=O)NC1CC1. The molecule has 0 heterocycles. The summed E-state index contributed by atoms with van der Waals surface area (Å²) < 4.78 is 10.1.